The molecule has 0 aliphatic rings. The Hall–Kier alpha value is -3.04. The summed E-state index contributed by atoms with van der Waals surface area (Å²) in [6, 6.07) is 9.95. The van der Waals surface area contributed by atoms with E-state index in [4.69, 9.17) is 11.6 Å². The number of hydrogen-bond acceptors (Lipinski definition) is 7. The molecule has 0 aliphatic carbocycles. The summed E-state index contributed by atoms with van der Waals surface area (Å²) >= 11 is 7.65. The number of nitrogens with zero attached hydrogens (tertiary/aromatic N) is 4. The van der Waals surface area contributed by atoms with Gasteiger partial charge in [-0.25, -0.2) is 0 Å². The van der Waals surface area contributed by atoms with Crippen molar-refractivity contribution >= 4 is 50.3 Å². The molecular weight excluding hydrogens is 364 g/mol. The molecule has 8 nitrogen and oxygen atoms in total. The molecule has 0 bridgehead atoms. The number of aromatic nitrogens is 4. The highest BCUT2D eigenvalue weighted by Gasteiger charge is 2.13. The van der Waals surface area contributed by atoms with Crippen LogP contribution in [0, 0.1) is 10.1 Å². The van der Waals surface area contributed by atoms with Gasteiger partial charge in [0.25, 0.3) is 5.69 Å². The molecule has 4 aromatic rings. The molecule has 0 atom stereocenters. The molecule has 2 aromatic heterocycles. The lowest BCUT2D eigenvalue weighted by atomic mass is 10.2. The Morgan fingerprint density at radius 2 is 2.12 bits per heavy atom. The van der Waals surface area contributed by atoms with Gasteiger partial charge in [0, 0.05) is 23.1 Å². The second kappa shape index (κ2) is 6.11. The number of nitro groups is 1. The number of nitro benzene ring substituents is 1. The minimum Gasteiger partial charge on any atom is -0.329 e. The molecule has 25 heavy (non-hydrogen) atoms. The summed E-state index contributed by atoms with van der Waals surface area (Å²) in [6.45, 7) is 0. The maximum Gasteiger partial charge on any atom is 0.270 e. The van der Waals surface area contributed by atoms with Crippen LogP contribution in [0.2, 0.25) is 5.02 Å². The molecule has 0 unspecified atom stereocenters. The number of H-pyrrole nitrogens is 1. The average Bonchev–Trinajstić information content (AvgIpc) is 3.27. The van der Waals surface area contributed by atoms with Crippen molar-refractivity contribution in [3.8, 4) is 10.6 Å². The first-order valence-electron chi connectivity index (χ1n) is 7.09. The summed E-state index contributed by atoms with van der Waals surface area (Å²) in [6.07, 6.45) is 1.65. The lowest BCUT2D eigenvalue weighted by Gasteiger charge is -2.05. The van der Waals surface area contributed by atoms with Crippen molar-refractivity contribution in [2.24, 2.45) is 0 Å². The Morgan fingerprint density at radius 3 is 2.96 bits per heavy atom. The Morgan fingerprint density at radius 1 is 1.24 bits per heavy atom. The van der Waals surface area contributed by atoms with Gasteiger partial charge in [0.15, 0.2) is 0 Å². The number of halogens is 1. The van der Waals surface area contributed by atoms with Gasteiger partial charge in [-0.15, -0.1) is 10.2 Å². The predicted molar refractivity (Wildman–Crippen MR) is 96.4 cm³/mol. The summed E-state index contributed by atoms with van der Waals surface area (Å²) < 4.78 is 0. The zero-order valence-corrected chi connectivity index (χ0v) is 14.0. The highest BCUT2D eigenvalue weighted by molar-refractivity contribution is 7.18. The topological polar surface area (TPSA) is 110 Å². The molecule has 0 saturated heterocycles. The number of anilines is 2. The van der Waals surface area contributed by atoms with Crippen LogP contribution < -0.4 is 5.32 Å². The van der Waals surface area contributed by atoms with E-state index in [1.54, 1.807) is 18.3 Å². The van der Waals surface area contributed by atoms with E-state index in [9.17, 15) is 10.1 Å². The zero-order valence-electron chi connectivity index (χ0n) is 12.4. The SMILES string of the molecule is O=[N+]([O-])c1cccc(-c2nnc(Nc3ccc4[nH]ncc4c3Cl)s2)c1. The molecule has 0 fully saturated rings. The van der Waals surface area contributed by atoms with Crippen LogP contribution in [0.15, 0.2) is 42.6 Å². The predicted octanol–water partition coefficient (Wildman–Crippen LogP) is 4.39. The zero-order chi connectivity index (χ0) is 17.4. The van der Waals surface area contributed by atoms with Crippen LogP contribution in [0.25, 0.3) is 21.5 Å². The number of hydrogen-bond donors (Lipinski definition) is 2. The first-order chi connectivity index (χ1) is 12.1. The molecule has 10 heteroatoms. The summed E-state index contributed by atoms with van der Waals surface area (Å²) in [7, 11) is 0. The van der Waals surface area contributed by atoms with Crippen LogP contribution in [-0.2, 0) is 0 Å². The van der Waals surface area contributed by atoms with Crippen LogP contribution >= 0.6 is 22.9 Å². The van der Waals surface area contributed by atoms with E-state index in [0.29, 0.717) is 26.4 Å². The fourth-order valence-corrected chi connectivity index (χ4v) is 3.35. The normalized spacial score (nSPS) is 10.9. The molecule has 0 saturated carbocycles. The quantitative estimate of drug-likeness (QED) is 0.406. The number of non-ortho nitro benzene ring substituents is 1. The van der Waals surface area contributed by atoms with Crippen molar-refractivity contribution in [1.29, 1.82) is 0 Å². The third-order valence-corrected chi connectivity index (χ3v) is 4.82. The Kier molecular flexibility index (Phi) is 3.79. The van der Waals surface area contributed by atoms with Gasteiger partial charge in [0.1, 0.15) is 5.01 Å². The van der Waals surface area contributed by atoms with E-state index in [1.165, 1.54) is 23.5 Å². The maximum absolute atomic E-state index is 10.9. The molecule has 2 N–H and O–H groups in total. The molecule has 0 spiro atoms. The molecule has 124 valence electrons. The standard InChI is InChI=1S/C15H9ClN6O2S/c16-13-10-7-17-19-11(10)4-5-12(13)18-15-21-20-14(25-15)8-2-1-3-9(6-8)22(23)24/h1-7H,(H,17,19)(H,18,21). The maximum atomic E-state index is 10.9. The Balaban J connectivity index is 1.64. The molecule has 2 aromatic carbocycles. The van der Waals surface area contributed by atoms with Crippen molar-refractivity contribution in [3.63, 3.8) is 0 Å². The third kappa shape index (κ3) is 2.90. The Bertz CT molecular complexity index is 1090. The first kappa shape index (κ1) is 15.5. The van der Waals surface area contributed by atoms with Gasteiger partial charge in [-0.2, -0.15) is 5.10 Å². The van der Waals surface area contributed by atoms with Crippen LogP contribution in [-0.4, -0.2) is 25.3 Å². The monoisotopic (exact) mass is 372 g/mol. The number of rotatable bonds is 4. The largest absolute Gasteiger partial charge is 0.329 e. The molecule has 0 amide bonds. The fourth-order valence-electron chi connectivity index (χ4n) is 2.34. The molecule has 2 heterocycles. The second-order valence-corrected chi connectivity index (χ2v) is 6.46. The second-order valence-electron chi connectivity index (χ2n) is 5.10. The van der Waals surface area contributed by atoms with E-state index in [0.717, 1.165) is 10.9 Å². The summed E-state index contributed by atoms with van der Waals surface area (Å²) in [4.78, 5) is 10.5. The smallest absolute Gasteiger partial charge is 0.270 e. The van der Waals surface area contributed by atoms with Crippen LogP contribution in [0.3, 0.4) is 0 Å². The minimum absolute atomic E-state index is 0.00987. The molecule has 4 rings (SSSR count). The van der Waals surface area contributed by atoms with Crippen LogP contribution in [0.5, 0.6) is 0 Å². The highest BCUT2D eigenvalue weighted by atomic mass is 35.5. The average molecular weight is 373 g/mol. The minimum atomic E-state index is -0.441. The van der Waals surface area contributed by atoms with Crippen molar-refractivity contribution in [2.75, 3.05) is 5.32 Å². The highest BCUT2D eigenvalue weighted by Crippen LogP contribution is 2.34. The van der Waals surface area contributed by atoms with Gasteiger partial charge in [0.05, 0.1) is 27.3 Å². The number of nitrogens with one attached hydrogen (secondary N) is 2. The summed E-state index contributed by atoms with van der Waals surface area (Å²) in [5.41, 5.74) is 2.16. The van der Waals surface area contributed by atoms with E-state index in [-0.39, 0.29) is 5.69 Å². The fraction of sp³-hybridized carbons (Fsp3) is 0. The lowest BCUT2D eigenvalue weighted by Crippen LogP contribution is -1.90. The van der Waals surface area contributed by atoms with Crippen LogP contribution in [0.1, 0.15) is 0 Å². The lowest BCUT2D eigenvalue weighted by molar-refractivity contribution is -0.384. The van der Waals surface area contributed by atoms with E-state index in [2.05, 4.69) is 25.7 Å². The van der Waals surface area contributed by atoms with Crippen molar-refractivity contribution in [2.45, 2.75) is 0 Å². The molecule has 0 radical (unpaired) electrons. The van der Waals surface area contributed by atoms with Crippen LogP contribution in [0.4, 0.5) is 16.5 Å². The van der Waals surface area contributed by atoms with Gasteiger partial charge >= 0.3 is 0 Å². The van der Waals surface area contributed by atoms with Gasteiger partial charge in [-0.05, 0) is 12.1 Å². The van der Waals surface area contributed by atoms with Crippen molar-refractivity contribution in [3.05, 3.63) is 57.7 Å². The summed E-state index contributed by atoms with van der Waals surface area (Å²) in [5, 5.41) is 31.4. The van der Waals surface area contributed by atoms with Gasteiger partial charge in [0.2, 0.25) is 5.13 Å². The number of fused-ring (bicyclic) bond motifs is 1. The van der Waals surface area contributed by atoms with Gasteiger partial charge in [-0.1, -0.05) is 35.1 Å². The van der Waals surface area contributed by atoms with E-state index < -0.39 is 4.92 Å². The van der Waals surface area contributed by atoms with Crippen molar-refractivity contribution in [1.82, 2.24) is 20.4 Å². The van der Waals surface area contributed by atoms with Gasteiger partial charge in [-0.3, -0.25) is 15.2 Å². The van der Waals surface area contributed by atoms with Crippen molar-refractivity contribution < 1.29 is 4.92 Å². The third-order valence-electron chi connectivity index (χ3n) is 3.53. The number of aromatic amines is 1. The van der Waals surface area contributed by atoms with E-state index in [1.807, 2.05) is 12.1 Å². The Labute approximate surface area is 149 Å². The molecular formula is C15H9ClN6O2S. The first-order valence-corrected chi connectivity index (χ1v) is 8.28. The summed E-state index contributed by atoms with van der Waals surface area (Å²) in [5.74, 6) is 0. The number of benzene rings is 2. The molecule has 0 aliphatic heterocycles. The van der Waals surface area contributed by atoms with E-state index >= 15 is 0 Å². The van der Waals surface area contributed by atoms with Gasteiger partial charge < -0.3 is 5.32 Å².